The van der Waals surface area contributed by atoms with E-state index in [1.165, 1.54) is 5.56 Å². The Morgan fingerprint density at radius 1 is 1.06 bits per heavy atom. The number of hydrogen-bond donors (Lipinski definition) is 0. The molecule has 16 heavy (non-hydrogen) atoms. The van der Waals surface area contributed by atoms with Crippen LogP contribution in [-0.4, -0.2) is 12.1 Å². The summed E-state index contributed by atoms with van der Waals surface area (Å²) in [7, 11) is 1.68. The van der Waals surface area contributed by atoms with Gasteiger partial charge in [-0.05, 0) is 36.8 Å². The van der Waals surface area contributed by atoms with Gasteiger partial charge >= 0.3 is 0 Å². The van der Waals surface area contributed by atoms with Crippen molar-refractivity contribution in [3.05, 3.63) is 59.4 Å². The van der Waals surface area contributed by atoms with Gasteiger partial charge in [-0.1, -0.05) is 18.2 Å². The first-order valence-corrected chi connectivity index (χ1v) is 5.33. The predicted octanol–water partition coefficient (Wildman–Crippen LogP) is 2.99. The summed E-state index contributed by atoms with van der Waals surface area (Å²) in [5, 5.41) is 0. The van der Waals surface area contributed by atoms with E-state index in [4.69, 9.17) is 4.74 Å². The fourth-order valence-corrected chi connectivity index (χ4v) is 1.65. The Morgan fingerprint density at radius 3 is 2.44 bits per heavy atom. The van der Waals surface area contributed by atoms with Crippen LogP contribution in [0.15, 0.2) is 42.5 Å². The van der Waals surface area contributed by atoms with Crippen molar-refractivity contribution in [2.45, 2.75) is 13.3 Å². The second-order valence-corrected chi connectivity index (χ2v) is 3.80. The molecule has 1 aromatic carbocycles. The molecule has 2 nitrogen and oxygen atoms in total. The molecule has 82 valence electrons. The van der Waals surface area contributed by atoms with Gasteiger partial charge in [-0.25, -0.2) is 0 Å². The molecule has 0 spiro atoms. The Labute approximate surface area is 95.9 Å². The molecule has 0 radical (unpaired) electrons. The van der Waals surface area contributed by atoms with E-state index in [2.05, 4.69) is 23.2 Å². The molecule has 0 unspecified atom stereocenters. The average molecular weight is 213 g/mol. The van der Waals surface area contributed by atoms with E-state index in [-0.39, 0.29) is 0 Å². The van der Waals surface area contributed by atoms with Gasteiger partial charge in [0.1, 0.15) is 5.75 Å². The zero-order valence-corrected chi connectivity index (χ0v) is 9.60. The molecule has 0 bridgehead atoms. The second-order valence-electron chi connectivity index (χ2n) is 3.80. The summed E-state index contributed by atoms with van der Waals surface area (Å²) in [5.74, 6) is 0.890. The Morgan fingerprint density at radius 2 is 1.81 bits per heavy atom. The molecular formula is C14H15NO. The Bertz CT molecular complexity index is 462. The van der Waals surface area contributed by atoms with Gasteiger partial charge in [-0.15, -0.1) is 0 Å². The largest absolute Gasteiger partial charge is 0.497 e. The number of hydrogen-bond acceptors (Lipinski definition) is 2. The van der Waals surface area contributed by atoms with E-state index in [9.17, 15) is 0 Å². The van der Waals surface area contributed by atoms with Gasteiger partial charge in [0.15, 0.2) is 0 Å². The van der Waals surface area contributed by atoms with Crippen LogP contribution in [0.5, 0.6) is 5.75 Å². The summed E-state index contributed by atoms with van der Waals surface area (Å²) >= 11 is 0. The number of pyridine rings is 1. The zero-order chi connectivity index (χ0) is 11.4. The molecule has 2 rings (SSSR count). The van der Waals surface area contributed by atoms with Crippen LogP contribution in [0.4, 0.5) is 0 Å². The fourth-order valence-electron chi connectivity index (χ4n) is 1.65. The summed E-state index contributed by atoms with van der Waals surface area (Å²) in [4.78, 5) is 4.48. The van der Waals surface area contributed by atoms with Crippen molar-refractivity contribution in [3.8, 4) is 5.75 Å². The summed E-state index contributed by atoms with van der Waals surface area (Å²) < 4.78 is 5.12. The smallest absolute Gasteiger partial charge is 0.118 e. The predicted molar refractivity (Wildman–Crippen MR) is 64.8 cm³/mol. The quantitative estimate of drug-likeness (QED) is 0.782. The number of ether oxygens (including phenoxy) is 1. The first-order chi connectivity index (χ1) is 7.78. The Kier molecular flexibility index (Phi) is 3.20. The molecule has 0 amide bonds. The molecule has 1 aromatic heterocycles. The lowest BCUT2D eigenvalue weighted by atomic mass is 10.1. The Balaban J connectivity index is 2.14. The summed E-state index contributed by atoms with van der Waals surface area (Å²) in [6.07, 6.45) is 0.867. The summed E-state index contributed by atoms with van der Waals surface area (Å²) in [5.41, 5.74) is 3.41. The molecule has 2 aromatic rings. The van der Waals surface area contributed by atoms with Crippen LogP contribution >= 0.6 is 0 Å². The third-order valence-corrected chi connectivity index (χ3v) is 2.49. The van der Waals surface area contributed by atoms with Crippen LogP contribution in [0.3, 0.4) is 0 Å². The monoisotopic (exact) mass is 213 g/mol. The molecule has 2 heteroatoms. The van der Waals surface area contributed by atoms with Crippen LogP contribution < -0.4 is 4.74 Å². The molecule has 0 N–H and O–H groups in total. The first kappa shape index (κ1) is 10.7. The molecule has 1 heterocycles. The molecule has 0 saturated heterocycles. The second kappa shape index (κ2) is 4.79. The number of aryl methyl sites for hydroxylation is 1. The molecule has 0 atom stereocenters. The van der Waals surface area contributed by atoms with E-state index < -0.39 is 0 Å². The normalized spacial score (nSPS) is 10.1. The van der Waals surface area contributed by atoms with Crippen molar-refractivity contribution in [2.24, 2.45) is 0 Å². The maximum Gasteiger partial charge on any atom is 0.118 e. The lowest BCUT2D eigenvalue weighted by Gasteiger charge is -2.04. The van der Waals surface area contributed by atoms with E-state index in [1.54, 1.807) is 7.11 Å². The molecule has 0 aliphatic rings. The van der Waals surface area contributed by atoms with Crippen LogP contribution in [0.1, 0.15) is 17.0 Å². The number of methoxy groups -OCH3 is 1. The van der Waals surface area contributed by atoms with Gasteiger partial charge in [0.05, 0.1) is 7.11 Å². The van der Waals surface area contributed by atoms with Gasteiger partial charge in [-0.2, -0.15) is 0 Å². The average Bonchev–Trinajstić information content (AvgIpc) is 2.30. The number of nitrogens with zero attached hydrogens (tertiary/aromatic N) is 1. The van der Waals surface area contributed by atoms with Crippen LogP contribution in [-0.2, 0) is 6.42 Å². The van der Waals surface area contributed by atoms with Gasteiger partial charge in [0.25, 0.3) is 0 Å². The third kappa shape index (κ3) is 2.60. The van der Waals surface area contributed by atoms with Crippen molar-refractivity contribution in [1.29, 1.82) is 0 Å². The minimum atomic E-state index is 0.867. The highest BCUT2D eigenvalue weighted by molar-refractivity contribution is 5.29. The molecule has 0 saturated carbocycles. The first-order valence-electron chi connectivity index (χ1n) is 5.33. The molecular weight excluding hydrogens is 198 g/mol. The van der Waals surface area contributed by atoms with E-state index in [0.29, 0.717) is 0 Å². The number of aromatic nitrogens is 1. The maximum atomic E-state index is 5.12. The van der Waals surface area contributed by atoms with Gasteiger partial charge in [0.2, 0.25) is 0 Å². The fraction of sp³-hybridized carbons (Fsp3) is 0.214. The topological polar surface area (TPSA) is 22.1 Å². The minimum Gasteiger partial charge on any atom is -0.497 e. The van der Waals surface area contributed by atoms with Crippen molar-refractivity contribution in [2.75, 3.05) is 7.11 Å². The summed E-state index contributed by atoms with van der Waals surface area (Å²) in [6.45, 7) is 2.01. The third-order valence-electron chi connectivity index (χ3n) is 2.49. The van der Waals surface area contributed by atoms with E-state index in [0.717, 1.165) is 23.6 Å². The number of rotatable bonds is 3. The van der Waals surface area contributed by atoms with Crippen molar-refractivity contribution in [1.82, 2.24) is 4.98 Å². The minimum absolute atomic E-state index is 0.867. The van der Waals surface area contributed by atoms with Gasteiger partial charge < -0.3 is 4.74 Å². The van der Waals surface area contributed by atoms with Crippen LogP contribution in [0.2, 0.25) is 0 Å². The molecule has 0 fully saturated rings. The SMILES string of the molecule is COc1ccc(Cc2cccc(C)n2)cc1. The van der Waals surface area contributed by atoms with Gasteiger partial charge in [0, 0.05) is 17.8 Å². The lowest BCUT2D eigenvalue weighted by molar-refractivity contribution is 0.414. The zero-order valence-electron chi connectivity index (χ0n) is 9.60. The highest BCUT2D eigenvalue weighted by Crippen LogP contribution is 2.14. The molecule has 0 aliphatic heterocycles. The standard InChI is InChI=1S/C14H15NO/c1-11-4-3-5-13(15-11)10-12-6-8-14(16-2)9-7-12/h3-9H,10H2,1-2H3. The van der Waals surface area contributed by atoms with Gasteiger partial charge in [-0.3, -0.25) is 4.98 Å². The van der Waals surface area contributed by atoms with Crippen molar-refractivity contribution < 1.29 is 4.74 Å². The highest BCUT2D eigenvalue weighted by Gasteiger charge is 1.98. The Hall–Kier alpha value is -1.83. The van der Waals surface area contributed by atoms with Crippen LogP contribution in [0, 0.1) is 6.92 Å². The van der Waals surface area contributed by atoms with E-state index in [1.807, 2.05) is 31.2 Å². The van der Waals surface area contributed by atoms with Crippen molar-refractivity contribution in [3.63, 3.8) is 0 Å². The van der Waals surface area contributed by atoms with Crippen LogP contribution in [0.25, 0.3) is 0 Å². The molecule has 0 aliphatic carbocycles. The highest BCUT2D eigenvalue weighted by atomic mass is 16.5. The number of benzene rings is 1. The summed E-state index contributed by atoms with van der Waals surface area (Å²) in [6, 6.07) is 14.2. The van der Waals surface area contributed by atoms with Crippen molar-refractivity contribution >= 4 is 0 Å². The maximum absolute atomic E-state index is 5.12. The lowest BCUT2D eigenvalue weighted by Crippen LogP contribution is -1.93. The van der Waals surface area contributed by atoms with E-state index >= 15 is 0 Å².